The van der Waals surface area contributed by atoms with E-state index in [2.05, 4.69) is 6.92 Å². The van der Waals surface area contributed by atoms with E-state index in [0.29, 0.717) is 0 Å². The Kier molecular flexibility index (Phi) is 3.41. The average molecular weight is 210 g/mol. The van der Waals surface area contributed by atoms with Gasteiger partial charge in [0.05, 0.1) is 12.9 Å². The van der Waals surface area contributed by atoms with Crippen LogP contribution in [0.1, 0.15) is 31.6 Å². The second-order valence-corrected chi connectivity index (χ2v) is 3.86. The standard InChI is InChI=1S/C11H18N2O2/c1-2-9(12)11(10-5-3-7-14-10)13-6-4-8-15-13/h3,5,7,9,11H,2,4,6,8,12H2,1H3. The van der Waals surface area contributed by atoms with E-state index in [-0.39, 0.29) is 12.1 Å². The highest BCUT2D eigenvalue weighted by molar-refractivity contribution is 5.07. The number of furan rings is 1. The Morgan fingerprint density at radius 1 is 1.60 bits per heavy atom. The quantitative estimate of drug-likeness (QED) is 0.821. The van der Waals surface area contributed by atoms with Gasteiger partial charge in [0.2, 0.25) is 0 Å². The molecule has 0 saturated carbocycles. The first-order valence-electron chi connectivity index (χ1n) is 5.51. The minimum Gasteiger partial charge on any atom is -0.468 e. The molecule has 84 valence electrons. The third-order valence-electron chi connectivity index (χ3n) is 2.80. The number of nitrogens with two attached hydrogens (primary N) is 1. The van der Waals surface area contributed by atoms with Crippen molar-refractivity contribution in [2.75, 3.05) is 13.2 Å². The second kappa shape index (κ2) is 4.79. The fourth-order valence-corrected chi connectivity index (χ4v) is 1.94. The molecule has 15 heavy (non-hydrogen) atoms. The van der Waals surface area contributed by atoms with E-state index < -0.39 is 0 Å². The van der Waals surface area contributed by atoms with Crippen molar-refractivity contribution in [1.29, 1.82) is 0 Å². The van der Waals surface area contributed by atoms with Gasteiger partial charge in [-0.15, -0.1) is 0 Å². The summed E-state index contributed by atoms with van der Waals surface area (Å²) in [7, 11) is 0. The van der Waals surface area contributed by atoms with Crippen molar-refractivity contribution in [1.82, 2.24) is 5.06 Å². The topological polar surface area (TPSA) is 51.6 Å². The summed E-state index contributed by atoms with van der Waals surface area (Å²) in [6, 6.07) is 3.95. The SMILES string of the molecule is CCC(N)C(c1ccco1)N1CCCO1. The number of hydrogen-bond acceptors (Lipinski definition) is 4. The fourth-order valence-electron chi connectivity index (χ4n) is 1.94. The first kappa shape index (κ1) is 10.7. The Bertz CT molecular complexity index is 281. The van der Waals surface area contributed by atoms with Gasteiger partial charge in [0, 0.05) is 12.6 Å². The Balaban J connectivity index is 2.15. The van der Waals surface area contributed by atoms with E-state index in [4.69, 9.17) is 15.0 Å². The van der Waals surface area contributed by atoms with Crippen LogP contribution in [0.4, 0.5) is 0 Å². The van der Waals surface area contributed by atoms with Gasteiger partial charge < -0.3 is 10.2 Å². The molecule has 2 atom stereocenters. The van der Waals surface area contributed by atoms with Crippen LogP contribution < -0.4 is 5.73 Å². The Hall–Kier alpha value is -0.840. The van der Waals surface area contributed by atoms with Gasteiger partial charge in [-0.1, -0.05) is 6.92 Å². The van der Waals surface area contributed by atoms with E-state index in [1.165, 1.54) is 0 Å². The van der Waals surface area contributed by atoms with Crippen molar-refractivity contribution in [2.24, 2.45) is 5.73 Å². The van der Waals surface area contributed by atoms with Crippen LogP contribution >= 0.6 is 0 Å². The van der Waals surface area contributed by atoms with Crippen molar-refractivity contribution in [3.8, 4) is 0 Å². The molecule has 1 aromatic rings. The van der Waals surface area contributed by atoms with Crippen LogP contribution in [0, 0.1) is 0 Å². The number of rotatable bonds is 4. The summed E-state index contributed by atoms with van der Waals surface area (Å²) in [6.07, 6.45) is 3.65. The van der Waals surface area contributed by atoms with Gasteiger partial charge in [0.1, 0.15) is 11.8 Å². The van der Waals surface area contributed by atoms with Gasteiger partial charge >= 0.3 is 0 Å². The lowest BCUT2D eigenvalue weighted by molar-refractivity contribution is -0.152. The predicted octanol–water partition coefficient (Wildman–Crippen LogP) is 1.70. The van der Waals surface area contributed by atoms with Crippen molar-refractivity contribution < 1.29 is 9.25 Å². The predicted molar refractivity (Wildman–Crippen MR) is 57.0 cm³/mol. The Labute approximate surface area is 89.9 Å². The van der Waals surface area contributed by atoms with Crippen LogP contribution in [0.2, 0.25) is 0 Å². The first-order valence-corrected chi connectivity index (χ1v) is 5.51. The highest BCUT2D eigenvalue weighted by atomic mass is 16.7. The molecule has 1 aliphatic rings. The molecule has 2 rings (SSSR count). The fraction of sp³-hybridized carbons (Fsp3) is 0.636. The van der Waals surface area contributed by atoms with E-state index >= 15 is 0 Å². The number of nitrogens with zero attached hydrogens (tertiary/aromatic N) is 1. The zero-order chi connectivity index (χ0) is 10.7. The normalized spacial score (nSPS) is 21.7. The van der Waals surface area contributed by atoms with Gasteiger partial charge in [0.15, 0.2) is 0 Å². The molecule has 0 aromatic carbocycles. The van der Waals surface area contributed by atoms with Crippen LogP contribution in [-0.4, -0.2) is 24.3 Å². The minimum atomic E-state index is 0.0486. The monoisotopic (exact) mass is 210 g/mol. The molecule has 4 nitrogen and oxygen atoms in total. The molecular weight excluding hydrogens is 192 g/mol. The highest BCUT2D eigenvalue weighted by Crippen LogP contribution is 2.28. The third kappa shape index (κ3) is 2.22. The Morgan fingerprint density at radius 3 is 3.00 bits per heavy atom. The summed E-state index contributed by atoms with van der Waals surface area (Å²) in [5.41, 5.74) is 6.11. The summed E-state index contributed by atoms with van der Waals surface area (Å²) >= 11 is 0. The van der Waals surface area contributed by atoms with Gasteiger partial charge in [-0.2, -0.15) is 5.06 Å². The van der Waals surface area contributed by atoms with Crippen LogP contribution in [-0.2, 0) is 4.84 Å². The molecule has 1 fully saturated rings. The smallest absolute Gasteiger partial charge is 0.124 e. The van der Waals surface area contributed by atoms with Gasteiger partial charge in [-0.05, 0) is 25.0 Å². The molecular formula is C11H18N2O2. The highest BCUT2D eigenvalue weighted by Gasteiger charge is 2.31. The summed E-state index contributed by atoms with van der Waals surface area (Å²) < 4.78 is 5.43. The molecule has 4 heteroatoms. The largest absolute Gasteiger partial charge is 0.468 e. The summed E-state index contributed by atoms with van der Waals surface area (Å²) in [6.45, 7) is 3.80. The van der Waals surface area contributed by atoms with Gasteiger partial charge in [-0.25, -0.2) is 0 Å². The van der Waals surface area contributed by atoms with E-state index in [1.54, 1.807) is 6.26 Å². The van der Waals surface area contributed by atoms with Crippen molar-refractivity contribution in [3.05, 3.63) is 24.2 Å². The maximum Gasteiger partial charge on any atom is 0.124 e. The molecule has 0 spiro atoms. The number of hydroxylamine groups is 2. The Morgan fingerprint density at radius 2 is 2.47 bits per heavy atom. The van der Waals surface area contributed by atoms with Crippen molar-refractivity contribution >= 4 is 0 Å². The third-order valence-corrected chi connectivity index (χ3v) is 2.80. The van der Waals surface area contributed by atoms with E-state index in [0.717, 1.165) is 31.8 Å². The number of hydrogen-bond donors (Lipinski definition) is 1. The van der Waals surface area contributed by atoms with Crippen molar-refractivity contribution in [3.63, 3.8) is 0 Å². The van der Waals surface area contributed by atoms with Crippen molar-refractivity contribution in [2.45, 2.75) is 31.8 Å². The van der Waals surface area contributed by atoms with Gasteiger partial charge in [0.25, 0.3) is 0 Å². The average Bonchev–Trinajstić information content (AvgIpc) is 2.90. The van der Waals surface area contributed by atoms with Crippen LogP contribution in [0.25, 0.3) is 0 Å². The maximum absolute atomic E-state index is 6.11. The zero-order valence-electron chi connectivity index (χ0n) is 9.06. The molecule has 2 unspecified atom stereocenters. The second-order valence-electron chi connectivity index (χ2n) is 3.86. The van der Waals surface area contributed by atoms with Gasteiger partial charge in [-0.3, -0.25) is 4.84 Å². The first-order chi connectivity index (χ1) is 7.33. The molecule has 0 bridgehead atoms. The lowest BCUT2D eigenvalue weighted by Gasteiger charge is -2.28. The molecule has 2 N–H and O–H groups in total. The molecule has 1 aromatic heterocycles. The summed E-state index contributed by atoms with van der Waals surface area (Å²) in [5.74, 6) is 0.895. The molecule has 2 heterocycles. The molecule has 1 saturated heterocycles. The van der Waals surface area contributed by atoms with Crippen LogP contribution in [0.5, 0.6) is 0 Å². The zero-order valence-corrected chi connectivity index (χ0v) is 9.06. The maximum atomic E-state index is 6.11. The van der Waals surface area contributed by atoms with E-state index in [1.807, 2.05) is 17.2 Å². The van der Waals surface area contributed by atoms with Crippen LogP contribution in [0.3, 0.4) is 0 Å². The minimum absolute atomic E-state index is 0.0486. The lowest BCUT2D eigenvalue weighted by Crippen LogP contribution is -2.38. The summed E-state index contributed by atoms with van der Waals surface area (Å²) in [4.78, 5) is 5.56. The van der Waals surface area contributed by atoms with E-state index in [9.17, 15) is 0 Å². The van der Waals surface area contributed by atoms with Crippen LogP contribution in [0.15, 0.2) is 22.8 Å². The summed E-state index contributed by atoms with van der Waals surface area (Å²) in [5, 5.41) is 1.95. The molecule has 1 aliphatic heterocycles. The molecule has 0 radical (unpaired) electrons. The molecule has 0 amide bonds. The molecule has 0 aliphatic carbocycles. The lowest BCUT2D eigenvalue weighted by atomic mass is 10.0.